The zero-order chi connectivity index (χ0) is 19.9. The Morgan fingerprint density at radius 2 is 1.75 bits per heavy atom. The molecule has 2 fully saturated rings. The van der Waals surface area contributed by atoms with Crippen molar-refractivity contribution in [1.29, 1.82) is 0 Å². The van der Waals surface area contributed by atoms with Crippen LogP contribution in [0.4, 0.5) is 11.6 Å². The molecule has 2 heterocycles. The Balaban J connectivity index is 1.70. The van der Waals surface area contributed by atoms with Crippen LogP contribution in [0.2, 0.25) is 10.0 Å². The van der Waals surface area contributed by atoms with Gasteiger partial charge in [-0.05, 0) is 37.2 Å². The number of nitrogen functional groups attached to an aromatic ring is 1. The van der Waals surface area contributed by atoms with Crippen molar-refractivity contribution in [1.82, 2.24) is 9.97 Å². The van der Waals surface area contributed by atoms with E-state index in [0.29, 0.717) is 49.7 Å². The summed E-state index contributed by atoms with van der Waals surface area (Å²) in [7, 11) is 0. The largest absolute Gasteiger partial charge is 0.397 e. The van der Waals surface area contributed by atoms with Crippen LogP contribution in [0, 0.1) is 5.41 Å². The number of nitrogens with zero attached hydrogens (tertiary/aromatic N) is 3. The van der Waals surface area contributed by atoms with E-state index in [9.17, 15) is 0 Å². The molecule has 2 aromatic rings. The number of anilines is 2. The van der Waals surface area contributed by atoms with Crippen LogP contribution in [0.5, 0.6) is 0 Å². The van der Waals surface area contributed by atoms with Gasteiger partial charge in [0.15, 0.2) is 11.6 Å². The first-order valence-corrected chi connectivity index (χ1v) is 10.5. The summed E-state index contributed by atoms with van der Waals surface area (Å²) in [5.74, 6) is 1.02. The number of rotatable bonds is 3. The average Bonchev–Trinajstić information content (AvgIpc) is 3.12. The molecule has 0 atom stereocenters. The summed E-state index contributed by atoms with van der Waals surface area (Å²) in [6.45, 7) is 5.78. The molecule has 28 heavy (non-hydrogen) atoms. The average molecular weight is 418 g/mol. The van der Waals surface area contributed by atoms with Crippen LogP contribution in [0.25, 0.3) is 17.0 Å². The van der Waals surface area contributed by atoms with Gasteiger partial charge >= 0.3 is 0 Å². The first-order valence-electron chi connectivity index (χ1n) is 9.72. The number of hydrogen-bond donors (Lipinski definition) is 2. The molecule has 4 N–H and O–H groups in total. The summed E-state index contributed by atoms with van der Waals surface area (Å²) >= 11 is 12.5. The van der Waals surface area contributed by atoms with Gasteiger partial charge in [-0.1, -0.05) is 54.8 Å². The van der Waals surface area contributed by atoms with Crippen LogP contribution >= 0.6 is 23.2 Å². The quantitative estimate of drug-likeness (QED) is 0.723. The Labute approximate surface area is 175 Å². The van der Waals surface area contributed by atoms with Crippen molar-refractivity contribution in [2.75, 3.05) is 23.7 Å². The van der Waals surface area contributed by atoms with Crippen LogP contribution in [-0.4, -0.2) is 23.1 Å². The van der Waals surface area contributed by atoms with E-state index in [1.165, 1.54) is 38.5 Å². The number of nitrogens with two attached hydrogens (primary N) is 2. The predicted molar refractivity (Wildman–Crippen MR) is 117 cm³/mol. The maximum absolute atomic E-state index is 6.37. The molecule has 1 aliphatic carbocycles. The number of hydrogen-bond acceptors (Lipinski definition) is 5. The first kappa shape index (κ1) is 19.3. The van der Waals surface area contributed by atoms with Gasteiger partial charge in [-0.25, -0.2) is 9.97 Å². The molecule has 1 aliphatic heterocycles. The van der Waals surface area contributed by atoms with E-state index in [0.717, 1.165) is 13.1 Å². The van der Waals surface area contributed by atoms with Gasteiger partial charge in [0, 0.05) is 18.7 Å². The Bertz CT molecular complexity index is 911. The molecule has 0 amide bonds. The molecule has 0 radical (unpaired) electrons. The summed E-state index contributed by atoms with van der Waals surface area (Å²) in [6.07, 6.45) is 7.74. The Hall–Kier alpha value is -1.98. The van der Waals surface area contributed by atoms with Gasteiger partial charge in [-0.3, -0.25) is 0 Å². The minimum absolute atomic E-state index is 0.310. The molecule has 4 rings (SSSR count). The highest BCUT2D eigenvalue weighted by Crippen LogP contribution is 2.47. The van der Waals surface area contributed by atoms with E-state index in [1.807, 2.05) is 6.07 Å². The minimum Gasteiger partial charge on any atom is -0.397 e. The monoisotopic (exact) mass is 417 g/mol. The van der Waals surface area contributed by atoms with Gasteiger partial charge < -0.3 is 16.4 Å². The lowest BCUT2D eigenvalue weighted by molar-refractivity contribution is 0.226. The smallest absolute Gasteiger partial charge is 0.159 e. The van der Waals surface area contributed by atoms with Gasteiger partial charge in [0.2, 0.25) is 0 Å². The SMILES string of the molecule is C=C(N)c1nc(-c2cccc(Cl)c2Cl)c(N)nc1N1CCC2(CCCC2)CC1. The second-order valence-corrected chi connectivity index (χ2v) is 8.74. The molecule has 1 aromatic carbocycles. The van der Waals surface area contributed by atoms with E-state index >= 15 is 0 Å². The van der Waals surface area contributed by atoms with Gasteiger partial charge in [-0.2, -0.15) is 0 Å². The van der Waals surface area contributed by atoms with Crippen molar-refractivity contribution in [3.05, 3.63) is 40.5 Å². The third-order valence-electron chi connectivity index (χ3n) is 6.20. The lowest BCUT2D eigenvalue weighted by Gasteiger charge is -2.40. The van der Waals surface area contributed by atoms with E-state index in [4.69, 9.17) is 39.7 Å². The van der Waals surface area contributed by atoms with Gasteiger partial charge in [0.1, 0.15) is 11.4 Å². The third-order valence-corrected chi connectivity index (χ3v) is 7.02. The summed E-state index contributed by atoms with van der Waals surface area (Å²) in [4.78, 5) is 11.6. The fourth-order valence-corrected chi connectivity index (χ4v) is 4.97. The molecular formula is C21H25Cl2N5. The molecule has 2 aliphatic rings. The third kappa shape index (κ3) is 3.42. The van der Waals surface area contributed by atoms with Crippen molar-refractivity contribution < 1.29 is 0 Å². The molecule has 148 valence electrons. The van der Waals surface area contributed by atoms with E-state index in [1.54, 1.807) is 12.1 Å². The van der Waals surface area contributed by atoms with Crippen LogP contribution in [0.3, 0.4) is 0 Å². The standard InChI is InChI=1S/C21H25Cl2N5/c1-13(24)17-20(28-11-9-21(10-12-28)7-2-3-8-21)27-19(25)18(26-17)14-5-4-6-15(22)16(14)23/h4-6H,1-3,7-12,24H2,(H2,25,27). The molecule has 5 nitrogen and oxygen atoms in total. The van der Waals surface area contributed by atoms with Gasteiger partial charge in [0.25, 0.3) is 0 Å². The van der Waals surface area contributed by atoms with Crippen LogP contribution < -0.4 is 16.4 Å². The van der Waals surface area contributed by atoms with E-state index < -0.39 is 0 Å². The second kappa shape index (κ2) is 7.45. The van der Waals surface area contributed by atoms with Gasteiger partial charge in [-0.15, -0.1) is 0 Å². The summed E-state index contributed by atoms with van der Waals surface area (Å²) in [5.41, 5.74) is 14.9. The highest BCUT2D eigenvalue weighted by Gasteiger charge is 2.38. The second-order valence-electron chi connectivity index (χ2n) is 7.95. The molecule has 7 heteroatoms. The maximum atomic E-state index is 6.37. The fourth-order valence-electron chi connectivity index (χ4n) is 4.58. The lowest BCUT2D eigenvalue weighted by Crippen LogP contribution is -2.40. The van der Waals surface area contributed by atoms with Crippen LogP contribution in [-0.2, 0) is 0 Å². The number of aromatic nitrogens is 2. The number of piperidine rings is 1. The zero-order valence-electron chi connectivity index (χ0n) is 15.8. The molecule has 1 saturated carbocycles. The molecular weight excluding hydrogens is 393 g/mol. The highest BCUT2D eigenvalue weighted by molar-refractivity contribution is 6.43. The molecule has 0 unspecified atom stereocenters. The van der Waals surface area contributed by atoms with Crippen molar-refractivity contribution in [3.8, 4) is 11.3 Å². The van der Waals surface area contributed by atoms with Crippen LogP contribution in [0.1, 0.15) is 44.2 Å². The minimum atomic E-state index is 0.310. The summed E-state index contributed by atoms with van der Waals surface area (Å²) in [5, 5.41) is 0.836. The Kier molecular flexibility index (Phi) is 5.15. The van der Waals surface area contributed by atoms with Crippen molar-refractivity contribution in [2.24, 2.45) is 11.1 Å². The molecule has 0 bridgehead atoms. The van der Waals surface area contributed by atoms with Gasteiger partial charge in [0.05, 0.1) is 15.7 Å². The topological polar surface area (TPSA) is 81.1 Å². The molecule has 1 aromatic heterocycles. The lowest BCUT2D eigenvalue weighted by atomic mass is 9.77. The van der Waals surface area contributed by atoms with Crippen molar-refractivity contribution in [2.45, 2.75) is 38.5 Å². The van der Waals surface area contributed by atoms with Crippen molar-refractivity contribution in [3.63, 3.8) is 0 Å². The number of halogens is 2. The maximum Gasteiger partial charge on any atom is 0.159 e. The van der Waals surface area contributed by atoms with Crippen molar-refractivity contribution >= 4 is 40.5 Å². The highest BCUT2D eigenvalue weighted by atomic mass is 35.5. The Morgan fingerprint density at radius 1 is 1.07 bits per heavy atom. The predicted octanol–water partition coefficient (Wildman–Crippen LogP) is 5.12. The normalized spacial score (nSPS) is 18.6. The summed E-state index contributed by atoms with van der Waals surface area (Å²) in [6, 6.07) is 5.35. The molecule has 1 spiro atoms. The van der Waals surface area contributed by atoms with E-state index in [-0.39, 0.29) is 0 Å². The number of benzene rings is 1. The summed E-state index contributed by atoms with van der Waals surface area (Å²) < 4.78 is 0. The van der Waals surface area contributed by atoms with E-state index in [2.05, 4.69) is 16.5 Å². The van der Waals surface area contributed by atoms with Crippen LogP contribution in [0.15, 0.2) is 24.8 Å². The zero-order valence-corrected chi connectivity index (χ0v) is 17.4. The first-order chi connectivity index (χ1) is 13.4. The molecule has 1 saturated heterocycles. The fraction of sp³-hybridized carbons (Fsp3) is 0.429. The Morgan fingerprint density at radius 3 is 2.39 bits per heavy atom.